The van der Waals surface area contributed by atoms with Crippen LogP contribution >= 0.6 is 11.6 Å². The zero-order chi connectivity index (χ0) is 20.6. The maximum Gasteiger partial charge on any atom is 0.308 e. The van der Waals surface area contributed by atoms with Crippen LogP contribution in [0.2, 0.25) is 5.02 Å². The number of benzene rings is 2. The average Bonchev–Trinajstić information content (AvgIpc) is 3.16. The highest BCUT2D eigenvalue weighted by Crippen LogP contribution is 2.14. The number of aromatic amines is 1. The van der Waals surface area contributed by atoms with Gasteiger partial charge >= 0.3 is 5.97 Å². The Morgan fingerprint density at radius 1 is 1.03 bits per heavy atom. The monoisotopic (exact) mass is 414 g/mol. The number of ether oxygens (including phenoxy) is 1. The lowest BCUT2D eigenvalue weighted by Crippen LogP contribution is -2.30. The maximum absolute atomic E-state index is 12.2. The minimum absolute atomic E-state index is 0.0570. The quantitative estimate of drug-likeness (QED) is 0.489. The molecule has 1 aromatic heterocycles. The summed E-state index contributed by atoms with van der Waals surface area (Å²) in [6.45, 7) is -0.00312. The number of para-hydroxylation sites is 1. The van der Waals surface area contributed by atoms with Crippen LogP contribution in [0.15, 0.2) is 48.5 Å². The van der Waals surface area contributed by atoms with E-state index in [9.17, 15) is 14.4 Å². The van der Waals surface area contributed by atoms with Gasteiger partial charge in [-0.15, -0.1) is 0 Å². The zero-order valence-corrected chi connectivity index (χ0v) is 16.2. The van der Waals surface area contributed by atoms with E-state index in [0.717, 1.165) is 11.1 Å². The number of hydrogen-bond acceptors (Lipinski definition) is 5. The van der Waals surface area contributed by atoms with Gasteiger partial charge in [0, 0.05) is 23.5 Å². The fourth-order valence-electron chi connectivity index (χ4n) is 2.57. The summed E-state index contributed by atoms with van der Waals surface area (Å²) >= 11 is 5.80. The molecule has 0 aliphatic heterocycles. The molecule has 1 heterocycles. The van der Waals surface area contributed by atoms with Crippen molar-refractivity contribution in [2.75, 3.05) is 13.2 Å². The summed E-state index contributed by atoms with van der Waals surface area (Å²) in [5.41, 5.74) is 1.89. The van der Waals surface area contributed by atoms with Crippen LogP contribution in [0.3, 0.4) is 0 Å². The van der Waals surface area contributed by atoms with Crippen molar-refractivity contribution in [3.63, 3.8) is 0 Å². The van der Waals surface area contributed by atoms with E-state index < -0.39 is 17.8 Å². The van der Waals surface area contributed by atoms with Gasteiger partial charge in [0.05, 0.1) is 11.9 Å². The predicted octanol–water partition coefficient (Wildman–Crippen LogP) is 2.20. The van der Waals surface area contributed by atoms with Gasteiger partial charge in [0.1, 0.15) is 0 Å². The third-order valence-corrected chi connectivity index (χ3v) is 4.32. The molecule has 0 unspecified atom stereocenters. The Balaban J connectivity index is 1.35. The van der Waals surface area contributed by atoms with E-state index in [2.05, 4.69) is 20.8 Å². The van der Waals surface area contributed by atoms with Gasteiger partial charge in [-0.25, -0.2) is 0 Å². The molecule has 0 atom stereocenters. The van der Waals surface area contributed by atoms with Crippen LogP contribution in [0.1, 0.15) is 22.5 Å². The summed E-state index contributed by atoms with van der Waals surface area (Å²) in [4.78, 5) is 35.7. The van der Waals surface area contributed by atoms with E-state index in [4.69, 9.17) is 16.3 Å². The molecule has 2 aromatic carbocycles. The van der Waals surface area contributed by atoms with Gasteiger partial charge in [-0.3, -0.25) is 19.5 Å². The van der Waals surface area contributed by atoms with E-state index in [-0.39, 0.29) is 25.3 Å². The number of carbonyl (C=O) groups excluding carboxylic acids is 3. The van der Waals surface area contributed by atoms with Crippen LogP contribution in [0.5, 0.6) is 0 Å². The lowest BCUT2D eigenvalue weighted by Gasteiger charge is -2.07. The Morgan fingerprint density at radius 2 is 1.79 bits per heavy atom. The summed E-state index contributed by atoms with van der Waals surface area (Å²) in [6, 6.07) is 14.3. The molecule has 0 fully saturated rings. The molecule has 3 aromatic rings. The molecule has 3 N–H and O–H groups in total. The highest BCUT2D eigenvalue weighted by atomic mass is 35.5. The Kier molecular flexibility index (Phi) is 6.80. The minimum atomic E-state index is -0.584. The lowest BCUT2D eigenvalue weighted by atomic mass is 10.2. The number of carbonyl (C=O) groups is 3. The van der Waals surface area contributed by atoms with Crippen LogP contribution in [-0.4, -0.2) is 41.1 Å². The highest BCUT2D eigenvalue weighted by Gasteiger charge is 2.14. The van der Waals surface area contributed by atoms with Crippen molar-refractivity contribution in [2.24, 2.45) is 0 Å². The van der Waals surface area contributed by atoms with Gasteiger partial charge in [0.25, 0.3) is 11.8 Å². The van der Waals surface area contributed by atoms with Crippen molar-refractivity contribution in [2.45, 2.75) is 13.0 Å². The molecule has 0 aliphatic rings. The number of hydrogen-bond donors (Lipinski definition) is 3. The Morgan fingerprint density at radius 3 is 2.59 bits per heavy atom. The van der Waals surface area contributed by atoms with Crippen molar-refractivity contribution >= 4 is 40.3 Å². The molecular formula is C20H19ClN4O4. The molecule has 9 heteroatoms. The van der Waals surface area contributed by atoms with Crippen LogP contribution in [0, 0.1) is 0 Å². The van der Waals surface area contributed by atoms with Crippen molar-refractivity contribution < 1.29 is 19.1 Å². The topological polar surface area (TPSA) is 113 Å². The molecule has 8 nitrogen and oxygen atoms in total. The SMILES string of the molecule is O=C(COC(=O)CCNC(=O)c1n[nH]c2ccccc12)NCc1ccc(Cl)cc1. The first-order chi connectivity index (χ1) is 14.0. The Bertz CT molecular complexity index is 1020. The first kappa shape index (κ1) is 20.3. The molecule has 0 aliphatic carbocycles. The number of nitrogens with one attached hydrogen (secondary N) is 3. The average molecular weight is 415 g/mol. The number of aromatic nitrogens is 2. The molecular weight excluding hydrogens is 396 g/mol. The van der Waals surface area contributed by atoms with E-state index in [1.807, 2.05) is 18.2 Å². The van der Waals surface area contributed by atoms with Crippen molar-refractivity contribution in [1.29, 1.82) is 0 Å². The molecule has 0 radical (unpaired) electrons. The van der Waals surface area contributed by atoms with Crippen LogP contribution in [0.25, 0.3) is 10.9 Å². The summed E-state index contributed by atoms with van der Waals surface area (Å²) in [5.74, 6) is -1.39. The highest BCUT2D eigenvalue weighted by molar-refractivity contribution is 6.30. The van der Waals surface area contributed by atoms with Crippen LogP contribution in [0.4, 0.5) is 0 Å². The fourth-order valence-corrected chi connectivity index (χ4v) is 2.70. The second-order valence-corrected chi connectivity index (χ2v) is 6.62. The first-order valence-corrected chi connectivity index (χ1v) is 9.29. The van der Waals surface area contributed by atoms with Crippen LogP contribution in [-0.2, 0) is 20.9 Å². The molecule has 150 valence electrons. The van der Waals surface area contributed by atoms with E-state index in [0.29, 0.717) is 17.0 Å². The number of esters is 1. The number of rotatable bonds is 8. The number of amides is 2. The lowest BCUT2D eigenvalue weighted by molar-refractivity contribution is -0.148. The Hall–Kier alpha value is -3.39. The van der Waals surface area contributed by atoms with Crippen LogP contribution < -0.4 is 10.6 Å². The maximum atomic E-state index is 12.2. The molecule has 2 amide bonds. The smallest absolute Gasteiger partial charge is 0.308 e. The standard InChI is InChI=1S/C20H19ClN4O4/c21-14-7-5-13(6-8-14)11-23-17(26)12-29-18(27)9-10-22-20(28)19-15-3-1-2-4-16(15)24-25-19/h1-8H,9-12H2,(H,22,28)(H,23,26)(H,24,25). The summed E-state index contributed by atoms with van der Waals surface area (Å²) in [6.07, 6.45) is -0.0570. The minimum Gasteiger partial charge on any atom is -0.456 e. The molecule has 0 saturated carbocycles. The van der Waals surface area contributed by atoms with Gasteiger partial charge in [-0.05, 0) is 23.8 Å². The third kappa shape index (κ3) is 5.79. The van der Waals surface area contributed by atoms with Gasteiger partial charge in [-0.2, -0.15) is 5.10 Å². The van der Waals surface area contributed by atoms with Gasteiger partial charge in [0.15, 0.2) is 12.3 Å². The van der Waals surface area contributed by atoms with E-state index in [1.165, 1.54) is 0 Å². The van der Waals surface area contributed by atoms with Crippen molar-refractivity contribution in [3.05, 3.63) is 64.8 Å². The zero-order valence-electron chi connectivity index (χ0n) is 15.4. The Labute approximate surface area is 171 Å². The number of halogens is 1. The second kappa shape index (κ2) is 9.70. The third-order valence-electron chi connectivity index (χ3n) is 4.07. The molecule has 0 spiro atoms. The molecule has 29 heavy (non-hydrogen) atoms. The van der Waals surface area contributed by atoms with Gasteiger partial charge in [-0.1, -0.05) is 41.9 Å². The predicted molar refractivity (Wildman–Crippen MR) is 107 cm³/mol. The van der Waals surface area contributed by atoms with Crippen molar-refractivity contribution in [3.8, 4) is 0 Å². The van der Waals surface area contributed by atoms with E-state index in [1.54, 1.807) is 30.3 Å². The largest absolute Gasteiger partial charge is 0.456 e. The molecule has 0 saturated heterocycles. The van der Waals surface area contributed by atoms with E-state index >= 15 is 0 Å². The second-order valence-electron chi connectivity index (χ2n) is 6.19. The van der Waals surface area contributed by atoms with Gasteiger partial charge < -0.3 is 15.4 Å². The summed E-state index contributed by atoms with van der Waals surface area (Å²) in [5, 5.41) is 13.3. The number of nitrogens with zero attached hydrogens (tertiary/aromatic N) is 1. The summed E-state index contributed by atoms with van der Waals surface area (Å²) in [7, 11) is 0. The first-order valence-electron chi connectivity index (χ1n) is 8.91. The van der Waals surface area contributed by atoms with Crippen molar-refractivity contribution in [1.82, 2.24) is 20.8 Å². The fraction of sp³-hybridized carbons (Fsp3) is 0.200. The number of H-pyrrole nitrogens is 1. The summed E-state index contributed by atoms with van der Waals surface area (Å²) < 4.78 is 4.91. The molecule has 0 bridgehead atoms. The molecule has 3 rings (SSSR count). The number of fused-ring (bicyclic) bond motifs is 1. The normalized spacial score (nSPS) is 10.5. The van der Waals surface area contributed by atoms with Gasteiger partial charge in [0.2, 0.25) is 0 Å².